The maximum absolute atomic E-state index is 6.02. The van der Waals surface area contributed by atoms with E-state index in [1.54, 1.807) is 16.9 Å². The van der Waals surface area contributed by atoms with Gasteiger partial charge in [-0.05, 0) is 42.2 Å². The normalized spacial score (nSPS) is 12.2. The summed E-state index contributed by atoms with van der Waals surface area (Å²) in [6, 6.07) is 12.1. The topological polar surface area (TPSA) is 94.0 Å². The van der Waals surface area contributed by atoms with E-state index in [0.29, 0.717) is 17.4 Å². The van der Waals surface area contributed by atoms with Gasteiger partial charge in [-0.1, -0.05) is 24.3 Å². The van der Waals surface area contributed by atoms with Crippen molar-refractivity contribution in [3.8, 4) is 0 Å². The van der Waals surface area contributed by atoms with Crippen LogP contribution in [0.5, 0.6) is 0 Å². The molecule has 3 N–H and O–H groups in total. The maximum Gasteiger partial charge on any atom is 0.209 e. The lowest BCUT2D eigenvalue weighted by Crippen LogP contribution is -2.15. The lowest BCUT2D eigenvalue weighted by Gasteiger charge is -2.21. The number of hydrogen-bond donors (Lipinski definition) is 2. The lowest BCUT2D eigenvalue weighted by molar-refractivity contribution is 0.909. The standard InChI is InChI=1S/C19H19N7/c1-12-5-6-14(8-13(12)2)18(15-4-3-7-21-10-15)23-16-9-17-25-22-11-26(17)19(20)24-16/h3-11,18,23H,1-2H3,(H2,20,24). The molecule has 130 valence electrons. The fourth-order valence-electron chi connectivity index (χ4n) is 2.92. The van der Waals surface area contributed by atoms with E-state index in [4.69, 9.17) is 5.73 Å². The predicted molar refractivity (Wildman–Crippen MR) is 101 cm³/mol. The molecule has 1 aromatic carbocycles. The van der Waals surface area contributed by atoms with Crippen LogP contribution in [0.25, 0.3) is 5.65 Å². The van der Waals surface area contributed by atoms with E-state index in [1.807, 2.05) is 24.4 Å². The van der Waals surface area contributed by atoms with Gasteiger partial charge in [0.25, 0.3) is 0 Å². The lowest BCUT2D eigenvalue weighted by atomic mass is 9.96. The van der Waals surface area contributed by atoms with Crippen LogP contribution in [0.3, 0.4) is 0 Å². The van der Waals surface area contributed by atoms with Crippen LogP contribution in [-0.2, 0) is 0 Å². The Morgan fingerprint density at radius 3 is 2.73 bits per heavy atom. The summed E-state index contributed by atoms with van der Waals surface area (Å²) in [4.78, 5) is 8.69. The first-order chi connectivity index (χ1) is 12.6. The summed E-state index contributed by atoms with van der Waals surface area (Å²) >= 11 is 0. The number of rotatable bonds is 4. The molecule has 0 spiro atoms. The van der Waals surface area contributed by atoms with Crippen LogP contribution in [0.1, 0.15) is 28.3 Å². The fourth-order valence-corrected chi connectivity index (χ4v) is 2.92. The smallest absolute Gasteiger partial charge is 0.209 e. The number of nitrogens with zero attached hydrogens (tertiary/aromatic N) is 5. The summed E-state index contributed by atoms with van der Waals surface area (Å²) in [5.41, 5.74) is 11.3. The Hall–Kier alpha value is -3.48. The highest BCUT2D eigenvalue weighted by Crippen LogP contribution is 2.27. The summed E-state index contributed by atoms with van der Waals surface area (Å²) in [6.45, 7) is 4.21. The quantitative estimate of drug-likeness (QED) is 0.591. The van der Waals surface area contributed by atoms with Crippen molar-refractivity contribution in [3.05, 3.63) is 77.4 Å². The molecule has 0 aliphatic heterocycles. The number of aryl methyl sites for hydroxylation is 2. The van der Waals surface area contributed by atoms with Crippen molar-refractivity contribution in [2.24, 2.45) is 0 Å². The third-order valence-electron chi connectivity index (χ3n) is 4.50. The first-order valence-electron chi connectivity index (χ1n) is 8.31. The Balaban J connectivity index is 1.78. The highest BCUT2D eigenvalue weighted by atomic mass is 15.3. The van der Waals surface area contributed by atoms with Gasteiger partial charge >= 0.3 is 0 Å². The Labute approximate surface area is 150 Å². The second-order valence-electron chi connectivity index (χ2n) is 6.27. The van der Waals surface area contributed by atoms with Crippen molar-refractivity contribution in [2.75, 3.05) is 11.1 Å². The van der Waals surface area contributed by atoms with Gasteiger partial charge in [-0.2, -0.15) is 4.98 Å². The number of pyridine rings is 1. The number of aromatic nitrogens is 5. The zero-order chi connectivity index (χ0) is 18.1. The molecule has 26 heavy (non-hydrogen) atoms. The van der Waals surface area contributed by atoms with E-state index in [9.17, 15) is 0 Å². The van der Waals surface area contributed by atoms with Crippen molar-refractivity contribution >= 4 is 17.4 Å². The van der Waals surface area contributed by atoms with Crippen LogP contribution in [-0.4, -0.2) is 24.6 Å². The minimum Gasteiger partial charge on any atom is -0.369 e. The number of nitrogens with two attached hydrogens (primary N) is 1. The predicted octanol–water partition coefficient (Wildman–Crippen LogP) is 2.92. The second-order valence-corrected chi connectivity index (χ2v) is 6.27. The van der Waals surface area contributed by atoms with Crippen LogP contribution in [0.2, 0.25) is 0 Å². The zero-order valence-electron chi connectivity index (χ0n) is 14.6. The van der Waals surface area contributed by atoms with E-state index in [2.05, 4.69) is 57.5 Å². The summed E-state index contributed by atoms with van der Waals surface area (Å²) in [5.74, 6) is 0.968. The van der Waals surface area contributed by atoms with E-state index < -0.39 is 0 Å². The molecule has 0 aliphatic rings. The first-order valence-corrected chi connectivity index (χ1v) is 8.31. The molecular formula is C19H19N7. The zero-order valence-corrected chi connectivity index (χ0v) is 14.6. The van der Waals surface area contributed by atoms with Gasteiger partial charge in [0.2, 0.25) is 5.95 Å². The largest absolute Gasteiger partial charge is 0.369 e. The Bertz CT molecular complexity index is 1060. The molecule has 3 heterocycles. The van der Waals surface area contributed by atoms with Crippen LogP contribution in [0.4, 0.5) is 11.8 Å². The summed E-state index contributed by atoms with van der Waals surface area (Å²) in [5, 5.41) is 11.4. The van der Waals surface area contributed by atoms with Gasteiger partial charge in [0.05, 0.1) is 6.04 Å². The second kappa shape index (κ2) is 6.44. The molecule has 0 saturated heterocycles. The SMILES string of the molecule is Cc1ccc(C(Nc2cc3nncn3c(N)n2)c2cccnc2)cc1C. The monoisotopic (exact) mass is 345 g/mol. The highest BCUT2D eigenvalue weighted by molar-refractivity contribution is 5.56. The van der Waals surface area contributed by atoms with Crippen LogP contribution >= 0.6 is 0 Å². The summed E-state index contributed by atoms with van der Waals surface area (Å²) < 4.78 is 1.64. The Kier molecular flexibility index (Phi) is 3.96. The number of fused-ring (bicyclic) bond motifs is 1. The molecule has 3 aromatic heterocycles. The molecule has 7 nitrogen and oxygen atoms in total. The fraction of sp³-hybridized carbons (Fsp3) is 0.158. The summed E-state index contributed by atoms with van der Waals surface area (Å²) in [7, 11) is 0. The van der Waals surface area contributed by atoms with Gasteiger partial charge in [-0.15, -0.1) is 10.2 Å². The number of benzene rings is 1. The van der Waals surface area contributed by atoms with Crippen LogP contribution in [0, 0.1) is 13.8 Å². The van der Waals surface area contributed by atoms with Crippen molar-refractivity contribution in [2.45, 2.75) is 19.9 Å². The third kappa shape index (κ3) is 2.95. The molecule has 0 bridgehead atoms. The van der Waals surface area contributed by atoms with Gasteiger partial charge in [0.1, 0.15) is 12.1 Å². The van der Waals surface area contributed by atoms with Gasteiger partial charge in [-0.25, -0.2) is 0 Å². The van der Waals surface area contributed by atoms with E-state index in [1.165, 1.54) is 11.1 Å². The van der Waals surface area contributed by atoms with Crippen molar-refractivity contribution in [1.29, 1.82) is 0 Å². The molecule has 0 saturated carbocycles. The Morgan fingerprint density at radius 1 is 1.08 bits per heavy atom. The number of hydrogen-bond acceptors (Lipinski definition) is 6. The molecule has 0 amide bonds. The van der Waals surface area contributed by atoms with Crippen LogP contribution in [0.15, 0.2) is 55.1 Å². The van der Waals surface area contributed by atoms with E-state index >= 15 is 0 Å². The van der Waals surface area contributed by atoms with Crippen molar-refractivity contribution in [1.82, 2.24) is 24.6 Å². The minimum absolute atomic E-state index is 0.111. The molecule has 0 aliphatic carbocycles. The maximum atomic E-state index is 6.02. The van der Waals surface area contributed by atoms with Crippen LogP contribution < -0.4 is 11.1 Å². The van der Waals surface area contributed by atoms with Crippen molar-refractivity contribution in [3.63, 3.8) is 0 Å². The highest BCUT2D eigenvalue weighted by Gasteiger charge is 2.17. The molecule has 1 atom stereocenters. The van der Waals surface area contributed by atoms with Gasteiger partial charge in [0.15, 0.2) is 5.65 Å². The Morgan fingerprint density at radius 2 is 1.96 bits per heavy atom. The molecule has 1 unspecified atom stereocenters. The molecule has 7 heteroatoms. The van der Waals surface area contributed by atoms with Gasteiger partial charge in [-0.3, -0.25) is 9.38 Å². The van der Waals surface area contributed by atoms with Gasteiger partial charge in [0, 0.05) is 18.5 Å². The average Bonchev–Trinajstić information content (AvgIpc) is 3.12. The summed E-state index contributed by atoms with van der Waals surface area (Å²) in [6.07, 6.45) is 5.16. The number of anilines is 2. The van der Waals surface area contributed by atoms with E-state index in [-0.39, 0.29) is 6.04 Å². The molecule has 0 radical (unpaired) electrons. The van der Waals surface area contributed by atoms with Crippen molar-refractivity contribution < 1.29 is 0 Å². The first kappa shape index (κ1) is 16.0. The minimum atomic E-state index is -0.111. The third-order valence-corrected chi connectivity index (χ3v) is 4.50. The average molecular weight is 345 g/mol. The van der Waals surface area contributed by atoms with Gasteiger partial charge < -0.3 is 11.1 Å². The molecular weight excluding hydrogens is 326 g/mol. The molecule has 4 rings (SSSR count). The number of nitrogens with one attached hydrogen (secondary N) is 1. The molecule has 0 fully saturated rings. The molecule has 4 aromatic rings. The number of nitrogen functional groups attached to an aromatic ring is 1. The van der Waals surface area contributed by atoms with E-state index in [0.717, 1.165) is 11.1 Å².